The van der Waals surface area contributed by atoms with E-state index in [1.165, 1.54) is 12.8 Å². The van der Waals surface area contributed by atoms with Crippen LogP contribution in [0.5, 0.6) is 5.75 Å². The Labute approximate surface area is 94.0 Å². The van der Waals surface area contributed by atoms with Crippen LogP contribution in [0.2, 0.25) is 0 Å². The Morgan fingerprint density at radius 1 is 1.38 bits per heavy atom. The quantitative estimate of drug-likeness (QED) is 0.743. The van der Waals surface area contributed by atoms with Crippen molar-refractivity contribution in [3.05, 3.63) is 18.0 Å². The minimum atomic E-state index is 0.655. The van der Waals surface area contributed by atoms with E-state index < -0.39 is 0 Å². The molecule has 0 saturated heterocycles. The standard InChI is InChI=1S/C12H15N3O/c1-16-9-6-5-8-12(11(9)13)14-10-4-2-3-7-15(8)10/h5-6H,2-4,7,13H2,1H3. The maximum Gasteiger partial charge on any atom is 0.144 e. The van der Waals surface area contributed by atoms with Crippen molar-refractivity contribution in [2.45, 2.75) is 25.8 Å². The molecule has 2 aromatic rings. The van der Waals surface area contributed by atoms with Crippen molar-refractivity contribution in [1.82, 2.24) is 9.55 Å². The molecule has 0 amide bonds. The molecule has 0 saturated carbocycles. The number of hydrogen-bond donors (Lipinski definition) is 1. The van der Waals surface area contributed by atoms with Gasteiger partial charge in [0.25, 0.3) is 0 Å². The van der Waals surface area contributed by atoms with Gasteiger partial charge in [0.2, 0.25) is 0 Å². The van der Waals surface area contributed by atoms with Crippen LogP contribution in [0.25, 0.3) is 11.0 Å². The monoisotopic (exact) mass is 217 g/mol. The number of fused-ring (bicyclic) bond motifs is 3. The number of rotatable bonds is 1. The molecular formula is C12H15N3O. The van der Waals surface area contributed by atoms with E-state index in [2.05, 4.69) is 9.55 Å². The van der Waals surface area contributed by atoms with Crippen LogP contribution in [0.3, 0.4) is 0 Å². The minimum Gasteiger partial charge on any atom is -0.495 e. The highest BCUT2D eigenvalue weighted by atomic mass is 16.5. The van der Waals surface area contributed by atoms with Gasteiger partial charge in [0.15, 0.2) is 0 Å². The number of ether oxygens (including phenoxy) is 1. The van der Waals surface area contributed by atoms with Gasteiger partial charge in [-0.2, -0.15) is 0 Å². The van der Waals surface area contributed by atoms with E-state index >= 15 is 0 Å². The lowest BCUT2D eigenvalue weighted by molar-refractivity contribution is 0.417. The number of hydrogen-bond acceptors (Lipinski definition) is 3. The van der Waals surface area contributed by atoms with Crippen LogP contribution < -0.4 is 10.5 Å². The molecule has 0 spiro atoms. The number of imidazole rings is 1. The number of aryl methyl sites for hydroxylation is 2. The molecule has 1 aliphatic rings. The number of nitrogens with two attached hydrogens (primary N) is 1. The topological polar surface area (TPSA) is 53.1 Å². The first-order valence-corrected chi connectivity index (χ1v) is 5.63. The van der Waals surface area contributed by atoms with Gasteiger partial charge in [-0.3, -0.25) is 0 Å². The third kappa shape index (κ3) is 1.19. The van der Waals surface area contributed by atoms with E-state index in [1.807, 2.05) is 12.1 Å². The maximum absolute atomic E-state index is 6.04. The number of methoxy groups -OCH3 is 1. The number of aromatic nitrogens is 2. The molecule has 0 aliphatic carbocycles. The minimum absolute atomic E-state index is 0.655. The van der Waals surface area contributed by atoms with Crippen molar-refractivity contribution < 1.29 is 4.74 Å². The summed E-state index contributed by atoms with van der Waals surface area (Å²) in [6.45, 7) is 1.05. The van der Waals surface area contributed by atoms with Crippen molar-refractivity contribution in [1.29, 1.82) is 0 Å². The molecule has 84 valence electrons. The fourth-order valence-corrected chi connectivity index (χ4v) is 2.41. The van der Waals surface area contributed by atoms with Gasteiger partial charge in [-0.15, -0.1) is 0 Å². The Balaban J connectivity index is 2.30. The molecule has 2 N–H and O–H groups in total. The van der Waals surface area contributed by atoms with E-state index in [-0.39, 0.29) is 0 Å². The molecule has 0 unspecified atom stereocenters. The highest BCUT2D eigenvalue weighted by Crippen LogP contribution is 2.32. The summed E-state index contributed by atoms with van der Waals surface area (Å²) in [5.41, 5.74) is 8.71. The average molecular weight is 217 g/mol. The van der Waals surface area contributed by atoms with Crippen LogP contribution in [0, 0.1) is 0 Å². The van der Waals surface area contributed by atoms with E-state index in [1.54, 1.807) is 7.11 Å². The van der Waals surface area contributed by atoms with Crippen molar-refractivity contribution in [2.75, 3.05) is 12.8 Å². The Morgan fingerprint density at radius 3 is 3.06 bits per heavy atom. The lowest BCUT2D eigenvalue weighted by Crippen LogP contribution is -2.09. The third-order valence-electron chi connectivity index (χ3n) is 3.25. The molecule has 16 heavy (non-hydrogen) atoms. The largest absolute Gasteiger partial charge is 0.495 e. The molecule has 4 nitrogen and oxygen atoms in total. The first kappa shape index (κ1) is 9.51. The van der Waals surface area contributed by atoms with E-state index in [9.17, 15) is 0 Å². The highest BCUT2D eigenvalue weighted by molar-refractivity contribution is 5.91. The van der Waals surface area contributed by atoms with Gasteiger partial charge < -0.3 is 15.0 Å². The van der Waals surface area contributed by atoms with Gasteiger partial charge in [-0.1, -0.05) is 0 Å². The average Bonchev–Trinajstić information content (AvgIpc) is 2.69. The van der Waals surface area contributed by atoms with Gasteiger partial charge >= 0.3 is 0 Å². The predicted octanol–water partition coefficient (Wildman–Crippen LogP) is 1.96. The molecule has 0 atom stereocenters. The Morgan fingerprint density at radius 2 is 2.25 bits per heavy atom. The van der Waals surface area contributed by atoms with Crippen molar-refractivity contribution in [3.63, 3.8) is 0 Å². The molecule has 2 heterocycles. The summed E-state index contributed by atoms with van der Waals surface area (Å²) < 4.78 is 7.48. The Kier molecular flexibility index (Phi) is 2.02. The fraction of sp³-hybridized carbons (Fsp3) is 0.417. The summed E-state index contributed by atoms with van der Waals surface area (Å²) in [5.74, 6) is 1.86. The second-order valence-electron chi connectivity index (χ2n) is 4.19. The second-order valence-corrected chi connectivity index (χ2v) is 4.19. The molecule has 0 fully saturated rings. The smallest absolute Gasteiger partial charge is 0.144 e. The summed E-state index contributed by atoms with van der Waals surface area (Å²) in [6.07, 6.45) is 3.50. The van der Waals surface area contributed by atoms with Gasteiger partial charge in [-0.25, -0.2) is 4.98 Å². The number of nitrogen functional groups attached to an aromatic ring is 1. The van der Waals surface area contributed by atoms with Crippen LogP contribution in [0.1, 0.15) is 18.7 Å². The Hall–Kier alpha value is -1.71. The maximum atomic E-state index is 6.04. The molecule has 1 aromatic carbocycles. The van der Waals surface area contributed by atoms with Crippen LogP contribution in [0.15, 0.2) is 12.1 Å². The molecule has 0 bridgehead atoms. The van der Waals surface area contributed by atoms with Crippen molar-refractivity contribution in [3.8, 4) is 5.75 Å². The first-order valence-electron chi connectivity index (χ1n) is 5.63. The highest BCUT2D eigenvalue weighted by Gasteiger charge is 2.17. The lowest BCUT2D eigenvalue weighted by atomic mass is 10.1. The zero-order valence-corrected chi connectivity index (χ0v) is 9.36. The molecule has 1 aromatic heterocycles. The summed E-state index contributed by atoms with van der Waals surface area (Å²) in [5, 5.41) is 0. The zero-order chi connectivity index (χ0) is 11.1. The first-order chi connectivity index (χ1) is 7.81. The van der Waals surface area contributed by atoms with Gasteiger partial charge in [0.05, 0.1) is 12.6 Å². The lowest BCUT2D eigenvalue weighted by Gasteiger charge is -2.13. The predicted molar refractivity (Wildman–Crippen MR) is 63.6 cm³/mol. The van der Waals surface area contributed by atoms with Gasteiger partial charge in [0, 0.05) is 13.0 Å². The zero-order valence-electron chi connectivity index (χ0n) is 9.36. The summed E-state index contributed by atoms with van der Waals surface area (Å²) in [4.78, 5) is 4.62. The molecular weight excluding hydrogens is 202 g/mol. The van der Waals surface area contributed by atoms with Crippen molar-refractivity contribution >= 4 is 16.7 Å². The summed E-state index contributed by atoms with van der Waals surface area (Å²) in [7, 11) is 1.63. The third-order valence-corrected chi connectivity index (χ3v) is 3.25. The second kappa shape index (κ2) is 3.40. The Bertz CT molecular complexity index is 545. The fourth-order valence-electron chi connectivity index (χ4n) is 2.41. The van der Waals surface area contributed by atoms with E-state index in [0.717, 1.165) is 29.8 Å². The van der Waals surface area contributed by atoms with Crippen LogP contribution >= 0.6 is 0 Å². The number of nitrogens with zero attached hydrogens (tertiary/aromatic N) is 2. The number of benzene rings is 1. The normalized spacial score (nSPS) is 15.1. The molecule has 4 heteroatoms. The van der Waals surface area contributed by atoms with E-state index in [0.29, 0.717) is 11.4 Å². The molecule has 1 aliphatic heterocycles. The van der Waals surface area contributed by atoms with Gasteiger partial charge in [0.1, 0.15) is 22.8 Å². The SMILES string of the molecule is COc1ccc2c(nc3n2CCCC3)c1N. The molecule has 3 rings (SSSR count). The number of anilines is 1. The van der Waals surface area contributed by atoms with Gasteiger partial charge in [-0.05, 0) is 25.0 Å². The summed E-state index contributed by atoms with van der Waals surface area (Å²) >= 11 is 0. The molecule has 0 radical (unpaired) electrons. The van der Waals surface area contributed by atoms with Crippen LogP contribution in [-0.2, 0) is 13.0 Å². The summed E-state index contributed by atoms with van der Waals surface area (Å²) in [6, 6.07) is 3.97. The van der Waals surface area contributed by atoms with Crippen molar-refractivity contribution in [2.24, 2.45) is 0 Å². The van der Waals surface area contributed by atoms with Crippen LogP contribution in [0.4, 0.5) is 5.69 Å². The van der Waals surface area contributed by atoms with Crippen LogP contribution in [-0.4, -0.2) is 16.7 Å². The van der Waals surface area contributed by atoms with E-state index in [4.69, 9.17) is 10.5 Å².